The Balaban J connectivity index is 1.93. The average Bonchev–Trinajstić information content (AvgIpc) is 3.51. The van der Waals surface area contributed by atoms with Gasteiger partial charge in [-0.15, -0.1) is 22.7 Å². The fraction of sp³-hybridized carbons (Fsp3) is 0.130. The maximum absolute atomic E-state index is 14.2. The van der Waals surface area contributed by atoms with Crippen LogP contribution in [0, 0.1) is 5.82 Å². The lowest BCUT2D eigenvalue weighted by Gasteiger charge is -2.40. The summed E-state index contributed by atoms with van der Waals surface area (Å²) < 4.78 is 42.3. The quantitative estimate of drug-likeness (QED) is 0.350. The molecule has 0 aliphatic heterocycles. The molecular formula is C23H20FN3O4S3. The first kappa shape index (κ1) is 24.2. The van der Waals surface area contributed by atoms with Crippen LogP contribution in [0.4, 0.5) is 10.1 Å². The summed E-state index contributed by atoms with van der Waals surface area (Å²) in [6, 6.07) is 15.4. The number of nitrogens with zero attached hydrogens (tertiary/aromatic N) is 2. The first-order chi connectivity index (χ1) is 16.2. The monoisotopic (exact) mass is 517 g/mol. The van der Waals surface area contributed by atoms with Crippen molar-refractivity contribution in [3.05, 3.63) is 88.5 Å². The number of amides is 1. The first-order valence-corrected chi connectivity index (χ1v) is 13.1. The molecule has 0 radical (unpaired) electrons. The zero-order chi connectivity index (χ0) is 24.5. The number of thiazole rings is 1. The number of hydrogen-bond acceptors (Lipinski definition) is 8. The summed E-state index contributed by atoms with van der Waals surface area (Å²) >= 11 is 2.96. The average molecular weight is 518 g/mol. The summed E-state index contributed by atoms with van der Waals surface area (Å²) in [6.07, 6.45) is 0. The van der Waals surface area contributed by atoms with E-state index in [0.29, 0.717) is 16.9 Å². The number of nitrogens with two attached hydrogens (primary N) is 1. The highest BCUT2D eigenvalue weighted by Crippen LogP contribution is 2.41. The Hall–Kier alpha value is -2.96. The topological polar surface area (TPSA) is 103 Å². The molecule has 0 saturated heterocycles. The maximum Gasteiger partial charge on any atom is 0.312 e. The van der Waals surface area contributed by atoms with Crippen molar-refractivity contribution in [1.82, 2.24) is 4.98 Å². The molecule has 2 aromatic heterocycles. The predicted molar refractivity (Wildman–Crippen MR) is 130 cm³/mol. The molecule has 176 valence electrons. The molecule has 0 aliphatic rings. The highest BCUT2D eigenvalue weighted by Gasteiger charge is 2.41. The minimum Gasteiger partial charge on any atom is -0.297 e. The minimum absolute atomic E-state index is 0.140. The molecule has 0 spiro atoms. The van der Waals surface area contributed by atoms with Crippen LogP contribution in [0.2, 0.25) is 0 Å². The molecule has 1 atom stereocenters. The maximum atomic E-state index is 14.2. The summed E-state index contributed by atoms with van der Waals surface area (Å²) in [7, 11) is -4.11. The van der Waals surface area contributed by atoms with Crippen LogP contribution in [0.25, 0.3) is 9.88 Å². The van der Waals surface area contributed by atoms with E-state index in [2.05, 4.69) is 4.28 Å². The normalized spacial score (nSPS) is 13.4. The number of rotatable bonds is 7. The number of thiophene rings is 1. The molecule has 2 aromatic carbocycles. The second kappa shape index (κ2) is 9.35. The molecule has 4 rings (SSSR count). The molecule has 1 amide bonds. The van der Waals surface area contributed by atoms with Crippen LogP contribution >= 0.6 is 22.7 Å². The van der Waals surface area contributed by atoms with Crippen molar-refractivity contribution in [2.45, 2.75) is 24.3 Å². The van der Waals surface area contributed by atoms with Crippen LogP contribution in [0.3, 0.4) is 0 Å². The highest BCUT2D eigenvalue weighted by atomic mass is 32.2. The van der Waals surface area contributed by atoms with Crippen LogP contribution in [-0.2, 0) is 24.7 Å². The molecule has 34 heavy (non-hydrogen) atoms. The van der Waals surface area contributed by atoms with Crippen molar-refractivity contribution < 1.29 is 21.9 Å². The zero-order valence-electron chi connectivity index (χ0n) is 18.1. The van der Waals surface area contributed by atoms with Crippen LogP contribution < -0.4 is 10.8 Å². The lowest BCUT2D eigenvalue weighted by atomic mass is 9.86. The van der Waals surface area contributed by atoms with Gasteiger partial charge in [0.15, 0.2) is 0 Å². The fourth-order valence-corrected chi connectivity index (χ4v) is 6.09. The zero-order valence-corrected chi connectivity index (χ0v) is 20.6. The Morgan fingerprint density at radius 3 is 2.44 bits per heavy atom. The highest BCUT2D eigenvalue weighted by molar-refractivity contribution is 7.86. The molecule has 11 heteroatoms. The summed E-state index contributed by atoms with van der Waals surface area (Å²) in [6.45, 7) is 3.17. The molecule has 0 saturated carbocycles. The van der Waals surface area contributed by atoms with Crippen molar-refractivity contribution >= 4 is 44.4 Å². The van der Waals surface area contributed by atoms with E-state index in [1.165, 1.54) is 53.5 Å². The van der Waals surface area contributed by atoms with E-state index in [0.717, 1.165) is 9.88 Å². The van der Waals surface area contributed by atoms with Gasteiger partial charge in [-0.1, -0.05) is 24.3 Å². The van der Waals surface area contributed by atoms with Crippen molar-refractivity contribution in [2.24, 2.45) is 5.90 Å². The molecule has 0 bridgehead atoms. The number of hydrogen-bond donors (Lipinski definition) is 1. The second-order valence-electron chi connectivity index (χ2n) is 7.50. The Bertz CT molecular complexity index is 1420. The van der Waals surface area contributed by atoms with Gasteiger partial charge in [-0.25, -0.2) is 9.37 Å². The van der Waals surface area contributed by atoms with Crippen molar-refractivity contribution in [3.8, 4) is 9.88 Å². The minimum atomic E-state index is -4.11. The largest absolute Gasteiger partial charge is 0.312 e. The Morgan fingerprint density at radius 2 is 1.85 bits per heavy atom. The Kier molecular flexibility index (Phi) is 6.65. The van der Waals surface area contributed by atoms with Gasteiger partial charge in [-0.3, -0.25) is 9.69 Å². The van der Waals surface area contributed by atoms with Crippen LogP contribution in [-0.4, -0.2) is 19.3 Å². The second-order valence-corrected chi connectivity index (χ2v) is 10.9. The molecule has 0 unspecified atom stereocenters. The summed E-state index contributed by atoms with van der Waals surface area (Å²) in [5.41, 5.74) is 0.247. The van der Waals surface area contributed by atoms with E-state index in [9.17, 15) is 17.6 Å². The number of carbonyl (C=O) groups is 1. The van der Waals surface area contributed by atoms with Crippen molar-refractivity contribution in [2.75, 3.05) is 4.90 Å². The molecule has 2 heterocycles. The van der Waals surface area contributed by atoms with Crippen LogP contribution in [0.1, 0.15) is 25.1 Å². The van der Waals surface area contributed by atoms with Gasteiger partial charge >= 0.3 is 10.1 Å². The molecule has 0 aliphatic carbocycles. The number of benzene rings is 2. The lowest BCUT2D eigenvalue weighted by Crippen LogP contribution is -2.48. The van der Waals surface area contributed by atoms with E-state index in [1.54, 1.807) is 36.5 Å². The molecule has 2 N–H and O–H groups in total. The SMILES string of the molecule is CC(=O)N(c1cccc(F)c1)[C@@](C)(c1ccc(S(=O)(=O)ON)cc1)c1csc(-c2cccs2)n1. The van der Waals surface area contributed by atoms with E-state index < -0.39 is 21.5 Å². The van der Waals surface area contributed by atoms with Crippen molar-refractivity contribution in [1.29, 1.82) is 0 Å². The predicted octanol–water partition coefficient (Wildman–Crippen LogP) is 4.91. The standard InChI is InChI=1S/C23H20FN3O4S3/c1-15(28)27(18-6-3-5-17(24)13-18)23(2,16-8-10-19(11-9-16)34(29,30)31-25)21-14-33-22(26-21)20-7-4-12-32-20/h3-14H,25H2,1-2H3/t23-/m0/s1. The van der Waals surface area contributed by atoms with Gasteiger partial charge in [0.1, 0.15) is 16.4 Å². The van der Waals surface area contributed by atoms with E-state index in [4.69, 9.17) is 10.9 Å². The van der Waals surface area contributed by atoms with E-state index >= 15 is 0 Å². The van der Waals surface area contributed by atoms with E-state index in [-0.39, 0.29) is 10.8 Å². The van der Waals surface area contributed by atoms with Crippen LogP contribution in [0.5, 0.6) is 0 Å². The van der Waals surface area contributed by atoms with E-state index in [1.807, 2.05) is 22.9 Å². The number of halogens is 1. The smallest absolute Gasteiger partial charge is 0.297 e. The molecule has 4 aromatic rings. The third kappa shape index (κ3) is 4.40. The number of anilines is 1. The molecule has 0 fully saturated rings. The van der Waals surface area contributed by atoms with Gasteiger partial charge in [0.2, 0.25) is 5.91 Å². The van der Waals surface area contributed by atoms with Gasteiger partial charge in [0, 0.05) is 18.0 Å². The summed E-state index contributed by atoms with van der Waals surface area (Å²) in [4.78, 5) is 20.1. The van der Waals surface area contributed by atoms with Gasteiger partial charge in [-0.2, -0.15) is 18.6 Å². The Morgan fingerprint density at radius 1 is 1.12 bits per heavy atom. The van der Waals surface area contributed by atoms with Crippen molar-refractivity contribution in [3.63, 3.8) is 0 Å². The number of aromatic nitrogens is 1. The number of carbonyl (C=O) groups excluding carboxylic acids is 1. The first-order valence-electron chi connectivity index (χ1n) is 9.97. The lowest BCUT2D eigenvalue weighted by molar-refractivity contribution is -0.117. The summed E-state index contributed by atoms with van der Waals surface area (Å²) in [5, 5.41) is 4.57. The van der Waals surface area contributed by atoms with Gasteiger partial charge in [0.05, 0.1) is 15.5 Å². The third-order valence-corrected chi connectivity index (χ3v) is 8.38. The Labute approximate surface area is 204 Å². The molecule has 7 nitrogen and oxygen atoms in total. The fourth-order valence-electron chi connectivity index (χ4n) is 3.77. The van der Waals surface area contributed by atoms with Crippen LogP contribution in [0.15, 0.2) is 76.3 Å². The van der Waals surface area contributed by atoms with Gasteiger partial charge in [0.25, 0.3) is 0 Å². The molecular weight excluding hydrogens is 497 g/mol. The third-order valence-electron chi connectivity index (χ3n) is 5.40. The summed E-state index contributed by atoms with van der Waals surface area (Å²) in [5.74, 6) is 4.05. The van der Waals surface area contributed by atoms with Gasteiger partial charge < -0.3 is 0 Å². The van der Waals surface area contributed by atoms with Gasteiger partial charge in [-0.05, 0) is 54.3 Å².